The van der Waals surface area contributed by atoms with Gasteiger partial charge in [-0.3, -0.25) is 29.0 Å². The van der Waals surface area contributed by atoms with Gasteiger partial charge in [-0.05, 0) is 0 Å². The van der Waals surface area contributed by atoms with Crippen LogP contribution in [0, 0.1) is 0 Å². The number of rotatable bonds is 15. The standard InChI is InChI=1S/C14H24N2O10/c17-3-5-25-13(23)9-16(10-14(24)26-6-4-18)2-1-15(7-11(19)20)8-12(21)22/h17-18H,1-10H2,(H,19,20)(H,21,22). The van der Waals surface area contributed by atoms with Gasteiger partial charge in [-0.15, -0.1) is 0 Å². The van der Waals surface area contributed by atoms with E-state index in [0.717, 1.165) is 4.90 Å². The van der Waals surface area contributed by atoms with Crippen molar-refractivity contribution in [2.45, 2.75) is 0 Å². The van der Waals surface area contributed by atoms with Crippen molar-refractivity contribution in [3.63, 3.8) is 0 Å². The summed E-state index contributed by atoms with van der Waals surface area (Å²) in [5.74, 6) is -3.89. The van der Waals surface area contributed by atoms with E-state index in [0.29, 0.717) is 0 Å². The van der Waals surface area contributed by atoms with Gasteiger partial charge in [0.2, 0.25) is 0 Å². The van der Waals surface area contributed by atoms with Crippen LogP contribution in [0.3, 0.4) is 0 Å². The minimum atomic E-state index is -1.22. The summed E-state index contributed by atoms with van der Waals surface area (Å²) in [6.45, 7) is -2.96. The highest BCUT2D eigenvalue weighted by Gasteiger charge is 2.19. The van der Waals surface area contributed by atoms with E-state index in [1.54, 1.807) is 0 Å². The van der Waals surface area contributed by atoms with Crippen LogP contribution < -0.4 is 0 Å². The Morgan fingerprint density at radius 1 is 0.654 bits per heavy atom. The molecule has 26 heavy (non-hydrogen) atoms. The average molecular weight is 380 g/mol. The van der Waals surface area contributed by atoms with E-state index in [1.807, 2.05) is 0 Å². The zero-order valence-corrected chi connectivity index (χ0v) is 14.2. The third-order valence-corrected chi connectivity index (χ3v) is 2.86. The van der Waals surface area contributed by atoms with Crippen molar-refractivity contribution in [1.82, 2.24) is 9.80 Å². The predicted molar refractivity (Wildman–Crippen MR) is 84.2 cm³/mol. The van der Waals surface area contributed by atoms with Gasteiger partial charge in [0.1, 0.15) is 13.2 Å². The lowest BCUT2D eigenvalue weighted by molar-refractivity contribution is -0.151. The highest BCUT2D eigenvalue weighted by Crippen LogP contribution is 1.97. The maximum absolute atomic E-state index is 11.6. The van der Waals surface area contributed by atoms with Gasteiger partial charge in [-0.25, -0.2) is 0 Å². The van der Waals surface area contributed by atoms with Crippen molar-refractivity contribution in [3.8, 4) is 0 Å². The molecule has 0 aliphatic carbocycles. The van der Waals surface area contributed by atoms with Crippen LogP contribution in [0.25, 0.3) is 0 Å². The second kappa shape index (κ2) is 13.9. The molecule has 0 atom stereocenters. The molecule has 0 heterocycles. The van der Waals surface area contributed by atoms with E-state index in [1.165, 1.54) is 4.90 Å². The van der Waals surface area contributed by atoms with Gasteiger partial charge < -0.3 is 29.9 Å². The van der Waals surface area contributed by atoms with Crippen LogP contribution in [-0.2, 0) is 28.7 Å². The Bertz CT molecular complexity index is 433. The first-order valence-corrected chi connectivity index (χ1v) is 7.69. The first-order valence-electron chi connectivity index (χ1n) is 7.69. The van der Waals surface area contributed by atoms with Gasteiger partial charge in [0.15, 0.2) is 0 Å². The number of carboxylic acids is 2. The second-order valence-corrected chi connectivity index (χ2v) is 5.10. The quantitative estimate of drug-likeness (QED) is 0.210. The summed E-state index contributed by atoms with van der Waals surface area (Å²) in [7, 11) is 0. The second-order valence-electron chi connectivity index (χ2n) is 5.10. The Balaban J connectivity index is 4.77. The molecule has 0 fully saturated rings. The number of carbonyl (C=O) groups excluding carboxylic acids is 2. The fraction of sp³-hybridized carbons (Fsp3) is 0.714. The zero-order chi connectivity index (χ0) is 19.9. The number of hydrogen-bond donors (Lipinski definition) is 4. The highest BCUT2D eigenvalue weighted by atomic mass is 16.5. The summed E-state index contributed by atoms with van der Waals surface area (Å²) in [5, 5.41) is 34.9. The molecule has 0 saturated heterocycles. The van der Waals surface area contributed by atoms with Gasteiger partial charge in [0.05, 0.1) is 39.4 Å². The lowest BCUT2D eigenvalue weighted by atomic mass is 10.4. The molecule has 12 heteroatoms. The van der Waals surface area contributed by atoms with Crippen molar-refractivity contribution in [1.29, 1.82) is 0 Å². The van der Waals surface area contributed by atoms with E-state index in [2.05, 4.69) is 0 Å². The van der Waals surface area contributed by atoms with Crippen LogP contribution in [0.1, 0.15) is 0 Å². The van der Waals surface area contributed by atoms with Crippen molar-refractivity contribution in [3.05, 3.63) is 0 Å². The largest absolute Gasteiger partial charge is 0.480 e. The van der Waals surface area contributed by atoms with Crippen molar-refractivity contribution < 1.29 is 49.1 Å². The van der Waals surface area contributed by atoms with E-state index >= 15 is 0 Å². The summed E-state index contributed by atoms with van der Waals surface area (Å²) in [5.41, 5.74) is 0. The Labute approximate surface area is 149 Å². The summed E-state index contributed by atoms with van der Waals surface area (Å²) < 4.78 is 9.39. The molecule has 0 aromatic carbocycles. The fourth-order valence-electron chi connectivity index (χ4n) is 1.87. The summed E-state index contributed by atoms with van der Waals surface area (Å²) >= 11 is 0. The van der Waals surface area contributed by atoms with Gasteiger partial charge >= 0.3 is 23.9 Å². The minimum absolute atomic E-state index is 0.0109. The van der Waals surface area contributed by atoms with Crippen LogP contribution in [0.5, 0.6) is 0 Å². The van der Waals surface area contributed by atoms with Gasteiger partial charge in [-0.2, -0.15) is 0 Å². The average Bonchev–Trinajstić information content (AvgIpc) is 2.54. The molecule has 0 aromatic rings. The molecular weight excluding hydrogens is 356 g/mol. The summed E-state index contributed by atoms with van der Waals surface area (Å²) in [4.78, 5) is 47.3. The van der Waals surface area contributed by atoms with Crippen LogP contribution in [0.4, 0.5) is 0 Å². The molecule has 0 aliphatic rings. The molecule has 0 aromatic heterocycles. The number of aliphatic hydroxyl groups is 2. The molecule has 0 aliphatic heterocycles. The Morgan fingerprint density at radius 3 is 1.31 bits per heavy atom. The van der Waals surface area contributed by atoms with E-state index in [4.69, 9.17) is 29.9 Å². The molecule has 0 rings (SSSR count). The third-order valence-electron chi connectivity index (χ3n) is 2.86. The topological polar surface area (TPSA) is 174 Å². The van der Waals surface area contributed by atoms with E-state index in [9.17, 15) is 19.2 Å². The zero-order valence-electron chi connectivity index (χ0n) is 14.2. The van der Waals surface area contributed by atoms with Crippen LogP contribution in [0.2, 0.25) is 0 Å². The number of carbonyl (C=O) groups is 4. The number of ether oxygens (including phenoxy) is 2. The molecule has 150 valence electrons. The number of carboxylic acid groups (broad SMARTS) is 2. The molecule has 0 bridgehead atoms. The minimum Gasteiger partial charge on any atom is -0.480 e. The van der Waals surface area contributed by atoms with Gasteiger partial charge in [0, 0.05) is 13.1 Å². The number of hydrogen-bond acceptors (Lipinski definition) is 10. The molecule has 12 nitrogen and oxygen atoms in total. The lowest BCUT2D eigenvalue weighted by Crippen LogP contribution is -2.44. The van der Waals surface area contributed by atoms with Crippen LogP contribution in [-0.4, -0.2) is 120 Å². The molecule has 0 saturated carbocycles. The normalized spacial score (nSPS) is 10.8. The monoisotopic (exact) mass is 380 g/mol. The first kappa shape index (κ1) is 23.7. The first-order chi connectivity index (χ1) is 12.3. The van der Waals surface area contributed by atoms with Crippen molar-refractivity contribution in [2.24, 2.45) is 0 Å². The SMILES string of the molecule is O=C(O)CN(CCN(CC(=O)OCCO)CC(=O)OCCO)CC(=O)O. The Hall–Kier alpha value is -2.28. The van der Waals surface area contributed by atoms with Crippen molar-refractivity contribution in [2.75, 3.05) is 65.7 Å². The number of aliphatic carboxylic acids is 2. The highest BCUT2D eigenvalue weighted by molar-refractivity contribution is 5.75. The lowest BCUT2D eigenvalue weighted by Gasteiger charge is -2.24. The molecule has 0 unspecified atom stereocenters. The molecule has 0 radical (unpaired) electrons. The number of esters is 2. The van der Waals surface area contributed by atoms with Crippen LogP contribution in [0.15, 0.2) is 0 Å². The maximum atomic E-state index is 11.6. The fourth-order valence-corrected chi connectivity index (χ4v) is 1.87. The van der Waals surface area contributed by atoms with Crippen LogP contribution >= 0.6 is 0 Å². The van der Waals surface area contributed by atoms with Gasteiger partial charge in [0.25, 0.3) is 0 Å². The summed E-state index contributed by atoms with van der Waals surface area (Å²) in [6, 6.07) is 0. The van der Waals surface area contributed by atoms with E-state index in [-0.39, 0.29) is 52.6 Å². The molecule has 0 spiro atoms. The summed E-state index contributed by atoms with van der Waals surface area (Å²) in [6.07, 6.45) is 0. The van der Waals surface area contributed by atoms with Gasteiger partial charge in [-0.1, -0.05) is 0 Å². The number of nitrogens with zero attached hydrogens (tertiary/aromatic N) is 2. The smallest absolute Gasteiger partial charge is 0.320 e. The molecule has 0 amide bonds. The molecule has 4 N–H and O–H groups in total. The maximum Gasteiger partial charge on any atom is 0.320 e. The predicted octanol–water partition coefficient (Wildman–Crippen LogP) is -3.17. The number of aliphatic hydroxyl groups excluding tert-OH is 2. The molecular formula is C14H24N2O10. The third kappa shape index (κ3) is 13.1. The van der Waals surface area contributed by atoms with E-state index < -0.39 is 37.0 Å². The Kier molecular flexibility index (Phi) is 12.7. The van der Waals surface area contributed by atoms with Crippen molar-refractivity contribution >= 4 is 23.9 Å². The Morgan fingerprint density at radius 2 is 1.00 bits per heavy atom.